The van der Waals surface area contributed by atoms with Crippen molar-refractivity contribution in [3.05, 3.63) is 51.2 Å². The van der Waals surface area contributed by atoms with Gasteiger partial charge < -0.3 is 10.6 Å². The molecule has 0 bridgehead atoms. The van der Waals surface area contributed by atoms with Crippen LogP contribution in [-0.2, 0) is 6.54 Å². The summed E-state index contributed by atoms with van der Waals surface area (Å²) in [7, 11) is 1.82. The Labute approximate surface area is 129 Å². The van der Waals surface area contributed by atoms with Crippen LogP contribution in [0.2, 0.25) is 0 Å². The molecule has 20 heavy (non-hydrogen) atoms. The highest BCUT2D eigenvalue weighted by atomic mass is 35.5. The highest BCUT2D eigenvalue weighted by molar-refractivity contribution is 7.10. The van der Waals surface area contributed by atoms with Gasteiger partial charge >= 0.3 is 0 Å². The molecule has 0 atom stereocenters. The minimum atomic E-state index is 0. The highest BCUT2D eigenvalue weighted by Crippen LogP contribution is 2.20. The van der Waals surface area contributed by atoms with Crippen LogP contribution in [0.25, 0.3) is 0 Å². The molecule has 0 unspecified atom stereocenters. The number of benzene rings is 1. The van der Waals surface area contributed by atoms with E-state index in [0.717, 1.165) is 5.56 Å². The molecule has 2 N–H and O–H groups in total. The van der Waals surface area contributed by atoms with E-state index in [0.29, 0.717) is 17.8 Å². The van der Waals surface area contributed by atoms with Crippen LogP contribution < -0.4 is 5.73 Å². The van der Waals surface area contributed by atoms with Crippen molar-refractivity contribution >= 4 is 35.3 Å². The van der Waals surface area contributed by atoms with Gasteiger partial charge in [0.15, 0.2) is 0 Å². The molecule has 1 aromatic carbocycles. The predicted octanol–water partition coefficient (Wildman–Crippen LogP) is 3.64. The molecular formula is C15H19ClN2OS. The van der Waals surface area contributed by atoms with Gasteiger partial charge in [0.2, 0.25) is 0 Å². The molecule has 5 heteroatoms. The Bertz CT molecular complexity index is 610. The average Bonchev–Trinajstić information content (AvgIpc) is 2.77. The van der Waals surface area contributed by atoms with E-state index < -0.39 is 0 Å². The normalized spacial score (nSPS) is 9.95. The van der Waals surface area contributed by atoms with Crippen molar-refractivity contribution in [3.8, 4) is 0 Å². The van der Waals surface area contributed by atoms with Gasteiger partial charge in [-0.2, -0.15) is 0 Å². The summed E-state index contributed by atoms with van der Waals surface area (Å²) in [5.41, 5.74) is 9.24. The molecule has 0 saturated heterocycles. The van der Waals surface area contributed by atoms with Gasteiger partial charge in [-0.1, -0.05) is 6.07 Å². The van der Waals surface area contributed by atoms with E-state index >= 15 is 0 Å². The molecule has 2 aromatic rings. The molecule has 0 aliphatic heterocycles. The molecule has 108 valence electrons. The van der Waals surface area contributed by atoms with Crippen molar-refractivity contribution in [2.24, 2.45) is 0 Å². The van der Waals surface area contributed by atoms with Crippen LogP contribution in [0.3, 0.4) is 0 Å². The highest BCUT2D eigenvalue weighted by Gasteiger charge is 2.15. The number of nitrogens with two attached hydrogens (primary N) is 1. The molecular weight excluding hydrogens is 292 g/mol. The lowest BCUT2D eigenvalue weighted by Crippen LogP contribution is -2.26. The summed E-state index contributed by atoms with van der Waals surface area (Å²) in [6.07, 6.45) is 0. The van der Waals surface area contributed by atoms with Crippen molar-refractivity contribution in [3.63, 3.8) is 0 Å². The number of nitrogen functional groups attached to an aromatic ring is 1. The first-order chi connectivity index (χ1) is 8.99. The first-order valence-corrected chi connectivity index (χ1v) is 7.01. The zero-order chi connectivity index (χ0) is 14.0. The Balaban J connectivity index is 0.00000200. The van der Waals surface area contributed by atoms with E-state index in [2.05, 4.69) is 18.4 Å². The molecule has 0 saturated carbocycles. The topological polar surface area (TPSA) is 46.3 Å². The van der Waals surface area contributed by atoms with E-state index in [9.17, 15) is 4.79 Å². The second-order valence-electron chi connectivity index (χ2n) is 4.76. The van der Waals surface area contributed by atoms with Crippen LogP contribution in [0.15, 0.2) is 29.6 Å². The molecule has 1 amide bonds. The van der Waals surface area contributed by atoms with Gasteiger partial charge in [0.25, 0.3) is 5.91 Å². The van der Waals surface area contributed by atoms with Gasteiger partial charge in [0.05, 0.1) is 6.54 Å². The van der Waals surface area contributed by atoms with Crippen molar-refractivity contribution in [1.82, 2.24) is 4.90 Å². The van der Waals surface area contributed by atoms with Gasteiger partial charge in [-0.3, -0.25) is 4.79 Å². The Morgan fingerprint density at radius 2 is 1.95 bits per heavy atom. The number of anilines is 1. The third-order valence-electron chi connectivity index (χ3n) is 3.19. The molecule has 1 aromatic heterocycles. The SMILES string of the molecule is Cc1ccc(N)cc1C(=O)N(C)Cc1sccc1C.Cl. The number of halogens is 1. The maximum absolute atomic E-state index is 12.4. The maximum Gasteiger partial charge on any atom is 0.254 e. The Morgan fingerprint density at radius 3 is 2.55 bits per heavy atom. The van der Waals surface area contributed by atoms with Crippen LogP contribution in [0, 0.1) is 13.8 Å². The van der Waals surface area contributed by atoms with Crippen LogP contribution in [0.5, 0.6) is 0 Å². The zero-order valence-electron chi connectivity index (χ0n) is 11.8. The quantitative estimate of drug-likeness (QED) is 0.880. The first kappa shape index (κ1) is 16.5. The molecule has 0 fully saturated rings. The average molecular weight is 311 g/mol. The number of amides is 1. The summed E-state index contributed by atoms with van der Waals surface area (Å²) >= 11 is 1.68. The third kappa shape index (κ3) is 3.52. The Kier molecular flexibility index (Phi) is 5.60. The fraction of sp³-hybridized carbons (Fsp3) is 0.267. The number of rotatable bonds is 3. The molecule has 0 aliphatic rings. The van der Waals surface area contributed by atoms with E-state index in [1.807, 2.05) is 26.1 Å². The number of hydrogen-bond acceptors (Lipinski definition) is 3. The number of carbonyl (C=O) groups is 1. The summed E-state index contributed by atoms with van der Waals surface area (Å²) in [5, 5.41) is 2.05. The predicted molar refractivity (Wildman–Crippen MR) is 87.7 cm³/mol. The molecule has 0 radical (unpaired) electrons. The van der Waals surface area contributed by atoms with Crippen LogP contribution in [0.4, 0.5) is 5.69 Å². The van der Waals surface area contributed by atoms with E-state index in [4.69, 9.17) is 5.73 Å². The summed E-state index contributed by atoms with van der Waals surface area (Å²) < 4.78 is 0. The molecule has 0 aliphatic carbocycles. The lowest BCUT2D eigenvalue weighted by atomic mass is 10.1. The molecule has 1 heterocycles. The Morgan fingerprint density at radius 1 is 1.25 bits per heavy atom. The van der Waals surface area contributed by atoms with E-state index in [1.165, 1.54) is 10.4 Å². The minimum Gasteiger partial charge on any atom is -0.399 e. The second-order valence-corrected chi connectivity index (χ2v) is 5.76. The van der Waals surface area contributed by atoms with Gasteiger partial charge in [0.1, 0.15) is 0 Å². The van der Waals surface area contributed by atoms with Crippen LogP contribution in [0.1, 0.15) is 26.4 Å². The molecule has 0 spiro atoms. The van der Waals surface area contributed by atoms with Gasteiger partial charge in [-0.25, -0.2) is 0 Å². The number of aryl methyl sites for hydroxylation is 2. The zero-order valence-corrected chi connectivity index (χ0v) is 13.5. The lowest BCUT2D eigenvalue weighted by molar-refractivity contribution is 0.0785. The monoisotopic (exact) mass is 310 g/mol. The number of hydrogen-bond donors (Lipinski definition) is 1. The number of carbonyl (C=O) groups excluding carboxylic acids is 1. The fourth-order valence-electron chi connectivity index (χ4n) is 1.93. The Hall–Kier alpha value is -1.52. The lowest BCUT2D eigenvalue weighted by Gasteiger charge is -2.18. The van der Waals surface area contributed by atoms with Crippen LogP contribution in [-0.4, -0.2) is 17.9 Å². The summed E-state index contributed by atoms with van der Waals surface area (Å²) in [6.45, 7) is 4.63. The summed E-state index contributed by atoms with van der Waals surface area (Å²) in [4.78, 5) is 15.4. The number of nitrogens with zero attached hydrogens (tertiary/aromatic N) is 1. The third-order valence-corrected chi connectivity index (χ3v) is 4.20. The largest absolute Gasteiger partial charge is 0.399 e. The second kappa shape index (κ2) is 6.77. The first-order valence-electron chi connectivity index (χ1n) is 6.13. The summed E-state index contributed by atoms with van der Waals surface area (Å²) in [6, 6.07) is 7.52. The van der Waals surface area contributed by atoms with Crippen molar-refractivity contribution in [1.29, 1.82) is 0 Å². The van der Waals surface area contributed by atoms with Crippen molar-refractivity contribution in [2.75, 3.05) is 12.8 Å². The van der Waals surface area contributed by atoms with E-state index in [1.54, 1.807) is 22.3 Å². The standard InChI is InChI=1S/C15H18N2OS.ClH/c1-10-4-5-12(16)8-13(10)15(18)17(3)9-14-11(2)6-7-19-14;/h4-8H,9,16H2,1-3H3;1H. The van der Waals surface area contributed by atoms with Gasteiger partial charge in [0, 0.05) is 23.2 Å². The minimum absolute atomic E-state index is 0. The van der Waals surface area contributed by atoms with Gasteiger partial charge in [-0.15, -0.1) is 23.7 Å². The maximum atomic E-state index is 12.4. The molecule has 2 rings (SSSR count). The molecule has 3 nitrogen and oxygen atoms in total. The fourth-order valence-corrected chi connectivity index (χ4v) is 2.89. The van der Waals surface area contributed by atoms with Gasteiger partial charge in [-0.05, 0) is 48.6 Å². The van der Waals surface area contributed by atoms with Crippen LogP contribution >= 0.6 is 23.7 Å². The number of thiophene rings is 1. The van der Waals surface area contributed by atoms with E-state index in [-0.39, 0.29) is 18.3 Å². The van der Waals surface area contributed by atoms with Crippen molar-refractivity contribution in [2.45, 2.75) is 20.4 Å². The smallest absolute Gasteiger partial charge is 0.254 e. The summed E-state index contributed by atoms with van der Waals surface area (Å²) in [5.74, 6) is 0.0117. The van der Waals surface area contributed by atoms with Crippen molar-refractivity contribution < 1.29 is 4.79 Å².